The Balaban J connectivity index is 1.43. The van der Waals surface area contributed by atoms with Crippen LogP contribution in [0.15, 0.2) is 29.0 Å². The van der Waals surface area contributed by atoms with Gasteiger partial charge in [-0.2, -0.15) is 0 Å². The summed E-state index contributed by atoms with van der Waals surface area (Å²) in [6, 6.07) is 3.68. The van der Waals surface area contributed by atoms with Gasteiger partial charge in [0.2, 0.25) is 5.95 Å². The molecular weight excluding hydrogens is 344 g/mol. The van der Waals surface area contributed by atoms with Crippen LogP contribution in [0, 0.1) is 0 Å². The van der Waals surface area contributed by atoms with Gasteiger partial charge in [-0.1, -0.05) is 11.6 Å². The molecule has 8 heteroatoms. The maximum atomic E-state index is 12.3. The van der Waals surface area contributed by atoms with Crippen molar-refractivity contribution in [3.8, 4) is 0 Å². The van der Waals surface area contributed by atoms with Crippen molar-refractivity contribution >= 4 is 23.5 Å². The third kappa shape index (κ3) is 4.93. The Bertz CT molecular complexity index is 687. The molecule has 2 aromatic heterocycles. The molecular formula is C17H21ClN4O3. The number of ether oxygens (including phenoxy) is 1. The van der Waals surface area contributed by atoms with Crippen LogP contribution in [-0.4, -0.2) is 42.1 Å². The first-order valence-electron chi connectivity index (χ1n) is 8.40. The quantitative estimate of drug-likeness (QED) is 0.725. The van der Waals surface area contributed by atoms with Crippen molar-refractivity contribution in [2.24, 2.45) is 0 Å². The van der Waals surface area contributed by atoms with E-state index in [1.807, 2.05) is 12.1 Å². The highest BCUT2D eigenvalue weighted by Crippen LogP contribution is 2.19. The molecule has 134 valence electrons. The van der Waals surface area contributed by atoms with Crippen LogP contribution in [-0.2, 0) is 11.3 Å². The predicted octanol–water partition coefficient (Wildman–Crippen LogP) is 2.66. The molecule has 7 nitrogen and oxygen atoms in total. The highest BCUT2D eigenvalue weighted by atomic mass is 35.5. The number of hydrogen-bond acceptors (Lipinski definition) is 6. The molecule has 3 rings (SSSR count). The van der Waals surface area contributed by atoms with Crippen molar-refractivity contribution < 1.29 is 13.9 Å². The summed E-state index contributed by atoms with van der Waals surface area (Å²) < 4.78 is 10.6. The molecule has 1 saturated heterocycles. The summed E-state index contributed by atoms with van der Waals surface area (Å²) in [6.45, 7) is 3.26. The number of rotatable bonds is 8. The molecule has 0 aromatic carbocycles. The van der Waals surface area contributed by atoms with Crippen molar-refractivity contribution in [3.63, 3.8) is 0 Å². The van der Waals surface area contributed by atoms with Gasteiger partial charge in [0, 0.05) is 26.2 Å². The smallest absolute Gasteiger partial charge is 0.271 e. The second kappa shape index (κ2) is 8.82. The fourth-order valence-corrected chi connectivity index (χ4v) is 2.79. The van der Waals surface area contributed by atoms with E-state index in [9.17, 15) is 4.79 Å². The number of nitrogens with one attached hydrogen (secondary N) is 1. The maximum absolute atomic E-state index is 12.3. The molecule has 1 aliphatic rings. The number of carbonyl (C=O) groups is 1. The van der Waals surface area contributed by atoms with Gasteiger partial charge < -0.3 is 19.4 Å². The number of furan rings is 1. The number of carbonyl (C=O) groups excluding carboxylic acids is 1. The fraction of sp³-hybridized carbons (Fsp3) is 0.471. The SMILES string of the molecule is O=C(NCCCOCc1ccco1)c1nc(N2CCCC2)ncc1Cl. The van der Waals surface area contributed by atoms with Crippen molar-refractivity contribution in [1.82, 2.24) is 15.3 Å². The van der Waals surface area contributed by atoms with Crippen LogP contribution in [0.2, 0.25) is 5.02 Å². The van der Waals surface area contributed by atoms with Crippen molar-refractivity contribution in [2.45, 2.75) is 25.9 Å². The molecule has 0 unspecified atom stereocenters. The third-order valence-corrected chi connectivity index (χ3v) is 4.19. The minimum atomic E-state index is -0.293. The zero-order chi connectivity index (χ0) is 17.5. The van der Waals surface area contributed by atoms with Gasteiger partial charge in [0.05, 0.1) is 17.5 Å². The summed E-state index contributed by atoms with van der Waals surface area (Å²) in [4.78, 5) is 22.9. The first-order valence-corrected chi connectivity index (χ1v) is 8.77. The Morgan fingerprint density at radius 2 is 2.24 bits per heavy atom. The predicted molar refractivity (Wildman–Crippen MR) is 93.8 cm³/mol. The third-order valence-electron chi connectivity index (χ3n) is 3.91. The van der Waals surface area contributed by atoms with Crippen LogP contribution in [0.25, 0.3) is 0 Å². The second-order valence-corrected chi connectivity index (χ2v) is 6.21. The Morgan fingerprint density at radius 3 is 3.00 bits per heavy atom. The molecule has 0 spiro atoms. The highest BCUT2D eigenvalue weighted by Gasteiger charge is 2.19. The molecule has 3 heterocycles. The Labute approximate surface area is 151 Å². The molecule has 25 heavy (non-hydrogen) atoms. The first kappa shape index (κ1) is 17.7. The summed E-state index contributed by atoms with van der Waals surface area (Å²) >= 11 is 6.08. The fourth-order valence-electron chi connectivity index (χ4n) is 2.61. The molecule has 1 N–H and O–H groups in total. The topological polar surface area (TPSA) is 80.5 Å². The normalized spacial score (nSPS) is 14.0. The summed E-state index contributed by atoms with van der Waals surface area (Å²) in [5.41, 5.74) is 0.218. The molecule has 1 amide bonds. The van der Waals surface area contributed by atoms with Gasteiger partial charge in [0.1, 0.15) is 12.4 Å². The van der Waals surface area contributed by atoms with E-state index in [0.29, 0.717) is 32.1 Å². The van der Waals surface area contributed by atoms with Gasteiger partial charge >= 0.3 is 0 Å². The van der Waals surface area contributed by atoms with E-state index in [1.54, 1.807) is 6.26 Å². The molecule has 0 saturated carbocycles. The van der Waals surface area contributed by atoms with Crippen LogP contribution in [0.1, 0.15) is 35.5 Å². The van der Waals surface area contributed by atoms with Crippen molar-refractivity contribution in [2.75, 3.05) is 31.1 Å². The Hall–Kier alpha value is -2.12. The van der Waals surface area contributed by atoms with Crippen molar-refractivity contribution in [1.29, 1.82) is 0 Å². The summed E-state index contributed by atoms with van der Waals surface area (Å²) in [7, 11) is 0. The van der Waals surface area contributed by atoms with Gasteiger partial charge in [-0.3, -0.25) is 4.79 Å². The Kier molecular flexibility index (Phi) is 6.25. The average molecular weight is 365 g/mol. The standard InChI is InChI=1S/C17H21ClN4O3/c18-14-11-20-17(22-7-1-2-8-22)21-15(14)16(23)19-6-4-9-24-12-13-5-3-10-25-13/h3,5,10-11H,1-2,4,6-9,12H2,(H,19,23). The van der Waals surface area contributed by atoms with Crippen LogP contribution < -0.4 is 10.2 Å². The van der Waals surface area contributed by atoms with E-state index >= 15 is 0 Å². The van der Waals surface area contributed by atoms with Crippen LogP contribution in [0.3, 0.4) is 0 Å². The summed E-state index contributed by atoms with van der Waals surface area (Å²) in [6.07, 6.45) is 6.02. The minimum Gasteiger partial charge on any atom is -0.467 e. The summed E-state index contributed by atoms with van der Waals surface area (Å²) in [5, 5.41) is 3.07. The van der Waals surface area contributed by atoms with E-state index in [0.717, 1.165) is 31.7 Å². The number of nitrogens with zero attached hydrogens (tertiary/aromatic N) is 3. The highest BCUT2D eigenvalue weighted by molar-refractivity contribution is 6.33. The Morgan fingerprint density at radius 1 is 1.40 bits per heavy atom. The van der Waals surface area contributed by atoms with E-state index in [-0.39, 0.29) is 16.6 Å². The molecule has 0 atom stereocenters. The van der Waals surface area contributed by atoms with Gasteiger partial charge in [-0.05, 0) is 31.4 Å². The number of halogens is 1. The molecule has 1 aliphatic heterocycles. The number of hydrogen-bond donors (Lipinski definition) is 1. The number of amides is 1. The monoisotopic (exact) mass is 364 g/mol. The first-order chi connectivity index (χ1) is 12.2. The van der Waals surface area contributed by atoms with Gasteiger partial charge in [0.25, 0.3) is 5.91 Å². The lowest BCUT2D eigenvalue weighted by Gasteiger charge is -2.15. The van der Waals surface area contributed by atoms with Crippen LogP contribution in [0.4, 0.5) is 5.95 Å². The maximum Gasteiger partial charge on any atom is 0.271 e. The number of aromatic nitrogens is 2. The molecule has 1 fully saturated rings. The van der Waals surface area contributed by atoms with Gasteiger partial charge in [0.15, 0.2) is 5.69 Å². The minimum absolute atomic E-state index is 0.218. The van der Waals surface area contributed by atoms with E-state index in [4.69, 9.17) is 20.8 Å². The zero-order valence-corrected chi connectivity index (χ0v) is 14.7. The largest absolute Gasteiger partial charge is 0.467 e. The van der Waals surface area contributed by atoms with Crippen LogP contribution in [0.5, 0.6) is 0 Å². The van der Waals surface area contributed by atoms with E-state index < -0.39 is 0 Å². The summed E-state index contributed by atoms with van der Waals surface area (Å²) in [5.74, 6) is 1.05. The van der Waals surface area contributed by atoms with Gasteiger partial charge in [-0.25, -0.2) is 9.97 Å². The molecule has 0 radical (unpaired) electrons. The molecule has 0 bridgehead atoms. The van der Waals surface area contributed by atoms with E-state index in [2.05, 4.69) is 20.2 Å². The van der Waals surface area contributed by atoms with E-state index in [1.165, 1.54) is 6.20 Å². The molecule has 2 aromatic rings. The van der Waals surface area contributed by atoms with Crippen LogP contribution >= 0.6 is 11.6 Å². The average Bonchev–Trinajstić information content (AvgIpc) is 3.31. The molecule has 0 aliphatic carbocycles. The van der Waals surface area contributed by atoms with Crippen molar-refractivity contribution in [3.05, 3.63) is 41.1 Å². The lowest BCUT2D eigenvalue weighted by molar-refractivity contribution is 0.0913. The lowest BCUT2D eigenvalue weighted by atomic mass is 10.3. The second-order valence-electron chi connectivity index (χ2n) is 5.80. The van der Waals surface area contributed by atoms with Gasteiger partial charge in [-0.15, -0.1) is 0 Å². The zero-order valence-electron chi connectivity index (χ0n) is 13.9. The lowest BCUT2D eigenvalue weighted by Crippen LogP contribution is -2.28. The number of anilines is 1.